The van der Waals surface area contributed by atoms with Crippen molar-refractivity contribution >= 4 is 0 Å². The van der Waals surface area contributed by atoms with Gasteiger partial charge in [0.1, 0.15) is 0 Å². The molecule has 0 aliphatic heterocycles. The lowest BCUT2D eigenvalue weighted by Crippen LogP contribution is -2.35. The maximum atomic E-state index is 4.29. The molecular formula is C18H27N3. The maximum Gasteiger partial charge on any atom is 0.0951 e. The second kappa shape index (κ2) is 6.44. The normalized spacial score (nSPS) is 12.1. The monoisotopic (exact) mass is 285 g/mol. The SMILES string of the molecule is CC(C)c1ccc(Cn2cncc2CNC(C)(C)C)cc1. The van der Waals surface area contributed by atoms with Gasteiger partial charge in [0, 0.05) is 24.8 Å². The molecule has 21 heavy (non-hydrogen) atoms. The summed E-state index contributed by atoms with van der Waals surface area (Å²) in [4.78, 5) is 4.29. The van der Waals surface area contributed by atoms with E-state index in [1.165, 1.54) is 16.8 Å². The summed E-state index contributed by atoms with van der Waals surface area (Å²) in [6.45, 7) is 12.7. The van der Waals surface area contributed by atoms with Crippen LogP contribution >= 0.6 is 0 Å². The Morgan fingerprint density at radius 3 is 2.38 bits per heavy atom. The van der Waals surface area contributed by atoms with Crippen LogP contribution in [-0.4, -0.2) is 15.1 Å². The van der Waals surface area contributed by atoms with Crippen molar-refractivity contribution in [2.75, 3.05) is 0 Å². The van der Waals surface area contributed by atoms with Crippen molar-refractivity contribution in [1.82, 2.24) is 14.9 Å². The third-order valence-corrected chi connectivity index (χ3v) is 3.60. The predicted octanol–water partition coefficient (Wildman–Crippen LogP) is 3.94. The number of nitrogens with one attached hydrogen (secondary N) is 1. The summed E-state index contributed by atoms with van der Waals surface area (Å²) in [5.41, 5.74) is 4.04. The van der Waals surface area contributed by atoms with Crippen LogP contribution in [0, 0.1) is 0 Å². The van der Waals surface area contributed by atoms with Gasteiger partial charge < -0.3 is 9.88 Å². The number of hydrogen-bond acceptors (Lipinski definition) is 2. The average Bonchev–Trinajstić information content (AvgIpc) is 2.83. The zero-order valence-corrected chi connectivity index (χ0v) is 13.9. The molecule has 0 aliphatic rings. The van der Waals surface area contributed by atoms with Crippen molar-refractivity contribution in [2.45, 2.75) is 59.2 Å². The number of imidazole rings is 1. The van der Waals surface area contributed by atoms with Gasteiger partial charge in [0.25, 0.3) is 0 Å². The lowest BCUT2D eigenvalue weighted by atomic mass is 10.0. The number of nitrogens with zero attached hydrogens (tertiary/aromatic N) is 2. The highest BCUT2D eigenvalue weighted by molar-refractivity contribution is 5.25. The largest absolute Gasteiger partial charge is 0.329 e. The summed E-state index contributed by atoms with van der Waals surface area (Å²) in [5.74, 6) is 0.582. The highest BCUT2D eigenvalue weighted by Gasteiger charge is 2.10. The minimum absolute atomic E-state index is 0.119. The molecule has 0 saturated carbocycles. The third kappa shape index (κ3) is 4.71. The first-order valence-electron chi connectivity index (χ1n) is 7.68. The molecule has 0 atom stereocenters. The molecular weight excluding hydrogens is 258 g/mol. The lowest BCUT2D eigenvalue weighted by molar-refractivity contribution is 0.417. The van der Waals surface area contributed by atoms with Crippen LogP contribution in [0.5, 0.6) is 0 Å². The molecule has 0 fully saturated rings. The van der Waals surface area contributed by atoms with E-state index in [-0.39, 0.29) is 5.54 Å². The summed E-state index contributed by atoms with van der Waals surface area (Å²) >= 11 is 0. The minimum atomic E-state index is 0.119. The molecule has 3 nitrogen and oxygen atoms in total. The molecule has 0 bridgehead atoms. The zero-order chi connectivity index (χ0) is 15.5. The summed E-state index contributed by atoms with van der Waals surface area (Å²) in [7, 11) is 0. The Balaban J connectivity index is 2.04. The summed E-state index contributed by atoms with van der Waals surface area (Å²) < 4.78 is 2.21. The van der Waals surface area contributed by atoms with E-state index in [9.17, 15) is 0 Å². The van der Waals surface area contributed by atoms with Crippen LogP contribution in [0.4, 0.5) is 0 Å². The Hall–Kier alpha value is -1.61. The molecule has 0 saturated heterocycles. The molecule has 2 rings (SSSR count). The van der Waals surface area contributed by atoms with E-state index in [0.29, 0.717) is 5.92 Å². The Labute approximate surface area is 128 Å². The molecule has 1 aromatic heterocycles. The first-order valence-corrected chi connectivity index (χ1v) is 7.68. The standard InChI is InChI=1S/C18H27N3/c1-14(2)16-8-6-15(7-9-16)12-21-13-19-10-17(21)11-20-18(3,4)5/h6-10,13-14,20H,11-12H2,1-5H3. The number of hydrogen-bond donors (Lipinski definition) is 1. The fourth-order valence-corrected chi connectivity index (χ4v) is 2.20. The average molecular weight is 285 g/mol. The highest BCUT2D eigenvalue weighted by Crippen LogP contribution is 2.16. The van der Waals surface area contributed by atoms with Gasteiger partial charge >= 0.3 is 0 Å². The van der Waals surface area contributed by atoms with Crippen molar-refractivity contribution < 1.29 is 0 Å². The molecule has 0 amide bonds. The molecule has 0 spiro atoms. The molecule has 0 aliphatic carbocycles. The minimum Gasteiger partial charge on any atom is -0.329 e. The van der Waals surface area contributed by atoms with Crippen molar-refractivity contribution in [1.29, 1.82) is 0 Å². The molecule has 0 radical (unpaired) electrons. The Morgan fingerprint density at radius 1 is 1.14 bits per heavy atom. The van der Waals surface area contributed by atoms with Gasteiger partial charge in [-0.2, -0.15) is 0 Å². The molecule has 1 aromatic carbocycles. The maximum absolute atomic E-state index is 4.29. The van der Waals surface area contributed by atoms with E-state index in [2.05, 4.69) is 73.8 Å². The molecule has 3 heteroatoms. The molecule has 114 valence electrons. The van der Waals surface area contributed by atoms with Crippen LogP contribution in [0.25, 0.3) is 0 Å². The summed E-state index contributed by atoms with van der Waals surface area (Å²) in [6.07, 6.45) is 3.86. The Morgan fingerprint density at radius 2 is 1.81 bits per heavy atom. The lowest BCUT2D eigenvalue weighted by Gasteiger charge is -2.21. The zero-order valence-electron chi connectivity index (χ0n) is 13.9. The quantitative estimate of drug-likeness (QED) is 0.901. The van der Waals surface area contributed by atoms with E-state index >= 15 is 0 Å². The van der Waals surface area contributed by atoms with Crippen molar-refractivity contribution in [3.05, 3.63) is 53.6 Å². The highest BCUT2D eigenvalue weighted by atomic mass is 15.1. The van der Waals surface area contributed by atoms with E-state index in [0.717, 1.165) is 13.1 Å². The van der Waals surface area contributed by atoms with Crippen molar-refractivity contribution in [2.24, 2.45) is 0 Å². The van der Waals surface area contributed by atoms with Gasteiger partial charge in [-0.3, -0.25) is 0 Å². The number of benzene rings is 1. The smallest absolute Gasteiger partial charge is 0.0951 e. The first-order chi connectivity index (χ1) is 9.85. The van der Waals surface area contributed by atoms with Crippen molar-refractivity contribution in [3.8, 4) is 0 Å². The fourth-order valence-electron chi connectivity index (χ4n) is 2.20. The molecule has 0 unspecified atom stereocenters. The first kappa shape index (κ1) is 15.8. The molecule has 1 heterocycles. The molecule has 2 aromatic rings. The van der Waals surface area contributed by atoms with Gasteiger partial charge in [0.2, 0.25) is 0 Å². The summed E-state index contributed by atoms with van der Waals surface area (Å²) in [6, 6.07) is 8.89. The van der Waals surface area contributed by atoms with Gasteiger partial charge in [0.15, 0.2) is 0 Å². The van der Waals surface area contributed by atoms with Gasteiger partial charge in [-0.15, -0.1) is 0 Å². The summed E-state index contributed by atoms with van der Waals surface area (Å²) in [5, 5.41) is 3.51. The van der Waals surface area contributed by atoms with Crippen LogP contribution in [0.3, 0.4) is 0 Å². The number of rotatable bonds is 5. The van der Waals surface area contributed by atoms with Crippen LogP contribution in [0.15, 0.2) is 36.8 Å². The number of aromatic nitrogens is 2. The topological polar surface area (TPSA) is 29.9 Å². The fraction of sp³-hybridized carbons (Fsp3) is 0.500. The van der Waals surface area contributed by atoms with E-state index in [1.54, 1.807) is 0 Å². The van der Waals surface area contributed by atoms with E-state index in [1.807, 2.05) is 12.5 Å². The third-order valence-electron chi connectivity index (χ3n) is 3.60. The van der Waals surface area contributed by atoms with Crippen LogP contribution < -0.4 is 5.32 Å². The van der Waals surface area contributed by atoms with Crippen LogP contribution in [0.2, 0.25) is 0 Å². The Kier molecular flexibility index (Phi) is 4.84. The van der Waals surface area contributed by atoms with E-state index in [4.69, 9.17) is 0 Å². The van der Waals surface area contributed by atoms with Gasteiger partial charge in [-0.05, 0) is 37.8 Å². The van der Waals surface area contributed by atoms with E-state index < -0.39 is 0 Å². The predicted molar refractivity (Wildman–Crippen MR) is 88.5 cm³/mol. The second-order valence-corrected chi connectivity index (χ2v) is 7.01. The molecule has 1 N–H and O–H groups in total. The van der Waals surface area contributed by atoms with Crippen molar-refractivity contribution in [3.63, 3.8) is 0 Å². The van der Waals surface area contributed by atoms with Gasteiger partial charge in [-0.1, -0.05) is 38.1 Å². The Bertz CT molecular complexity index is 559. The van der Waals surface area contributed by atoms with Crippen LogP contribution in [-0.2, 0) is 13.1 Å². The second-order valence-electron chi connectivity index (χ2n) is 7.01. The van der Waals surface area contributed by atoms with Gasteiger partial charge in [0.05, 0.1) is 12.0 Å². The van der Waals surface area contributed by atoms with Crippen LogP contribution in [0.1, 0.15) is 57.4 Å². The van der Waals surface area contributed by atoms with Gasteiger partial charge in [-0.25, -0.2) is 4.98 Å².